The van der Waals surface area contributed by atoms with E-state index in [0.29, 0.717) is 5.92 Å². The molecule has 0 atom stereocenters. The molecule has 27 heavy (non-hydrogen) atoms. The van der Waals surface area contributed by atoms with Gasteiger partial charge < -0.3 is 0 Å². The van der Waals surface area contributed by atoms with Crippen molar-refractivity contribution in [3.63, 3.8) is 0 Å². The first kappa shape index (κ1) is 27.0. The van der Waals surface area contributed by atoms with Gasteiger partial charge in [-0.05, 0) is 18.8 Å². The molecule has 0 aliphatic heterocycles. The lowest BCUT2D eigenvalue weighted by molar-refractivity contribution is 0.130. The second-order valence-corrected chi connectivity index (χ2v) is 8.97. The van der Waals surface area contributed by atoms with E-state index in [-0.39, 0.29) is 6.61 Å². The molecule has 0 saturated heterocycles. The van der Waals surface area contributed by atoms with Crippen LogP contribution in [0.4, 0.5) is 0 Å². The third-order valence-corrected chi connectivity index (χ3v) is 6.17. The predicted molar refractivity (Wildman–Crippen MR) is 122 cm³/mol. The first-order valence-corrected chi connectivity index (χ1v) is 12.9. The van der Waals surface area contributed by atoms with Gasteiger partial charge in [0.15, 0.2) is 0 Å². The predicted octanol–water partition coefficient (Wildman–Crippen LogP) is 9.66. The Balaban J connectivity index is 3.28. The van der Waals surface area contributed by atoms with Crippen molar-refractivity contribution in [2.24, 2.45) is 5.92 Å². The molecule has 163 valence electrons. The summed E-state index contributed by atoms with van der Waals surface area (Å²) in [6, 6.07) is 0. The van der Waals surface area contributed by atoms with E-state index in [1.807, 2.05) is 0 Å². The molecular weight excluding hydrogens is 328 g/mol. The average molecular weight is 382 g/mol. The monoisotopic (exact) mass is 381 g/mol. The highest BCUT2D eigenvalue weighted by atomic mass is 16.3. The maximum absolute atomic E-state index is 11.4. The van der Waals surface area contributed by atoms with Gasteiger partial charge in [-0.2, -0.15) is 0 Å². The van der Waals surface area contributed by atoms with Gasteiger partial charge in [0, 0.05) is 0 Å². The Hall–Kier alpha value is -0.0400. The molecular formula is C26H53O. The first-order valence-electron chi connectivity index (χ1n) is 12.9. The molecule has 0 aromatic carbocycles. The molecule has 0 aliphatic carbocycles. The van der Waals surface area contributed by atoms with Gasteiger partial charge in [-0.3, -0.25) is 0 Å². The fourth-order valence-corrected chi connectivity index (χ4v) is 4.15. The van der Waals surface area contributed by atoms with Crippen LogP contribution in [0.25, 0.3) is 0 Å². The summed E-state index contributed by atoms with van der Waals surface area (Å²) in [5, 5.41) is 11.4. The fraction of sp³-hybridized carbons (Fsp3) is 1.00. The molecule has 0 aliphatic rings. The molecule has 1 heteroatoms. The Morgan fingerprint density at radius 3 is 0.926 bits per heavy atom. The molecule has 0 aromatic rings. The minimum atomic E-state index is 0.162. The van der Waals surface area contributed by atoms with E-state index < -0.39 is 0 Å². The van der Waals surface area contributed by atoms with Crippen molar-refractivity contribution in [3.8, 4) is 0 Å². The van der Waals surface area contributed by atoms with Crippen molar-refractivity contribution < 1.29 is 5.11 Å². The Kier molecular flexibility index (Phi) is 24.0. The first-order chi connectivity index (χ1) is 13.3. The van der Waals surface area contributed by atoms with Gasteiger partial charge in [0.25, 0.3) is 0 Å². The van der Waals surface area contributed by atoms with Crippen molar-refractivity contribution in [2.45, 2.75) is 155 Å². The van der Waals surface area contributed by atoms with Gasteiger partial charge in [0.2, 0.25) is 0 Å². The molecule has 0 saturated carbocycles. The van der Waals surface area contributed by atoms with Crippen molar-refractivity contribution in [1.82, 2.24) is 0 Å². The van der Waals surface area contributed by atoms with Crippen molar-refractivity contribution in [1.29, 1.82) is 0 Å². The second-order valence-electron chi connectivity index (χ2n) is 8.97. The van der Waals surface area contributed by atoms with E-state index in [1.165, 1.54) is 141 Å². The van der Waals surface area contributed by atoms with Crippen LogP contribution in [0.2, 0.25) is 0 Å². The Labute approximate surface area is 173 Å². The summed E-state index contributed by atoms with van der Waals surface area (Å²) in [5.74, 6) is 0.466. The minimum absolute atomic E-state index is 0.162. The van der Waals surface area contributed by atoms with Crippen molar-refractivity contribution in [2.75, 3.05) is 6.61 Å². The Morgan fingerprint density at radius 1 is 0.407 bits per heavy atom. The average Bonchev–Trinajstić information content (AvgIpc) is 2.69. The molecule has 0 rings (SSSR count). The van der Waals surface area contributed by atoms with E-state index in [1.54, 1.807) is 0 Å². The van der Waals surface area contributed by atoms with Gasteiger partial charge in [-0.1, -0.05) is 142 Å². The lowest BCUT2D eigenvalue weighted by atomic mass is 9.94. The summed E-state index contributed by atoms with van der Waals surface area (Å²) >= 11 is 0. The van der Waals surface area contributed by atoms with E-state index in [0.717, 1.165) is 0 Å². The van der Waals surface area contributed by atoms with Crippen LogP contribution in [0.3, 0.4) is 0 Å². The molecule has 1 nitrogen and oxygen atoms in total. The zero-order valence-electron chi connectivity index (χ0n) is 19.2. The highest BCUT2D eigenvalue weighted by Gasteiger charge is 2.07. The van der Waals surface area contributed by atoms with Crippen LogP contribution in [-0.4, -0.2) is 6.61 Å². The zero-order valence-corrected chi connectivity index (χ0v) is 19.2. The second kappa shape index (κ2) is 24.0. The Morgan fingerprint density at radius 2 is 0.667 bits per heavy atom. The molecule has 1 radical (unpaired) electrons. The minimum Gasteiger partial charge on any atom is -0.236 e. The normalized spacial score (nSPS) is 11.6. The van der Waals surface area contributed by atoms with Crippen molar-refractivity contribution >= 4 is 0 Å². The summed E-state index contributed by atoms with van der Waals surface area (Å²) in [4.78, 5) is 0. The highest BCUT2D eigenvalue weighted by molar-refractivity contribution is 4.59. The molecule has 0 bridgehead atoms. The van der Waals surface area contributed by atoms with Crippen LogP contribution in [0.5, 0.6) is 0 Å². The number of hydrogen-bond donors (Lipinski definition) is 0. The van der Waals surface area contributed by atoms with E-state index >= 15 is 0 Å². The zero-order chi connectivity index (χ0) is 19.8. The van der Waals surface area contributed by atoms with Gasteiger partial charge in [-0.25, -0.2) is 5.11 Å². The van der Waals surface area contributed by atoms with Crippen molar-refractivity contribution in [3.05, 3.63) is 0 Å². The third-order valence-electron chi connectivity index (χ3n) is 6.17. The fourth-order valence-electron chi connectivity index (χ4n) is 4.15. The molecule has 0 unspecified atom stereocenters. The smallest absolute Gasteiger partial charge is 0.0850 e. The van der Waals surface area contributed by atoms with E-state index in [2.05, 4.69) is 13.8 Å². The van der Waals surface area contributed by atoms with Gasteiger partial charge in [0.1, 0.15) is 0 Å². The van der Waals surface area contributed by atoms with Gasteiger partial charge in [-0.15, -0.1) is 0 Å². The largest absolute Gasteiger partial charge is 0.236 e. The number of rotatable bonds is 23. The van der Waals surface area contributed by atoms with Crippen LogP contribution in [0, 0.1) is 5.92 Å². The van der Waals surface area contributed by atoms with Gasteiger partial charge >= 0.3 is 0 Å². The SMILES string of the molecule is CCCCCCCCCCCCC(C[O])CCCCCCCCCCCC. The molecule has 0 amide bonds. The molecule has 0 heterocycles. The van der Waals surface area contributed by atoms with Crippen LogP contribution < -0.4 is 0 Å². The summed E-state index contributed by atoms with van der Waals surface area (Å²) in [6.45, 7) is 4.73. The van der Waals surface area contributed by atoms with Crippen LogP contribution >= 0.6 is 0 Å². The van der Waals surface area contributed by atoms with Crippen LogP contribution in [0.15, 0.2) is 0 Å². The lowest BCUT2D eigenvalue weighted by Crippen LogP contribution is -2.05. The maximum atomic E-state index is 11.4. The quantitative estimate of drug-likeness (QED) is 0.157. The summed E-state index contributed by atoms with van der Waals surface area (Å²) in [7, 11) is 0. The third kappa shape index (κ3) is 22.1. The number of unbranched alkanes of at least 4 members (excludes halogenated alkanes) is 18. The summed E-state index contributed by atoms with van der Waals surface area (Å²) in [5.41, 5.74) is 0. The standard InChI is InChI=1S/C26H53O/c1-3-5-7-9-11-13-15-17-19-21-23-26(25-27)24-22-20-18-16-14-12-10-8-6-4-2/h26H,3-25H2,1-2H3. The lowest BCUT2D eigenvalue weighted by Gasteiger charge is -2.13. The number of hydrogen-bond acceptors (Lipinski definition) is 0. The molecule has 0 aromatic heterocycles. The Bertz CT molecular complexity index is 227. The topological polar surface area (TPSA) is 19.9 Å². The maximum Gasteiger partial charge on any atom is 0.0850 e. The van der Waals surface area contributed by atoms with Gasteiger partial charge in [0.05, 0.1) is 6.61 Å². The van der Waals surface area contributed by atoms with E-state index in [4.69, 9.17) is 0 Å². The van der Waals surface area contributed by atoms with Crippen LogP contribution in [-0.2, 0) is 5.11 Å². The molecule has 0 N–H and O–H groups in total. The highest BCUT2D eigenvalue weighted by Crippen LogP contribution is 2.19. The summed E-state index contributed by atoms with van der Waals surface area (Å²) in [6.07, 6.45) is 30.2. The molecule has 0 spiro atoms. The van der Waals surface area contributed by atoms with E-state index in [9.17, 15) is 5.11 Å². The molecule has 0 fully saturated rings. The van der Waals surface area contributed by atoms with Crippen LogP contribution in [0.1, 0.15) is 155 Å². The summed E-state index contributed by atoms with van der Waals surface area (Å²) < 4.78 is 0.